The number of phenols is 1. The quantitative estimate of drug-likeness (QED) is 0.275. The van der Waals surface area contributed by atoms with Gasteiger partial charge in [-0.25, -0.2) is 0 Å². The minimum absolute atomic E-state index is 0.0227. The van der Waals surface area contributed by atoms with Crippen LogP contribution >= 0.6 is 0 Å². The first-order valence-electron chi connectivity index (χ1n) is 12.6. The van der Waals surface area contributed by atoms with Gasteiger partial charge in [0.05, 0.1) is 11.6 Å². The average Bonchev–Trinajstić information content (AvgIpc) is 3.39. The van der Waals surface area contributed by atoms with E-state index >= 15 is 0 Å². The number of carbonyl (C=O) groups excluding carboxylic acids is 3. The molecule has 2 aromatic rings. The van der Waals surface area contributed by atoms with E-state index in [-0.39, 0.29) is 36.3 Å². The molecule has 5 rings (SSSR count). The van der Waals surface area contributed by atoms with E-state index in [9.17, 15) is 34.8 Å². The summed E-state index contributed by atoms with van der Waals surface area (Å²) < 4.78 is 4.81. The van der Waals surface area contributed by atoms with Crippen molar-refractivity contribution in [2.75, 3.05) is 38.4 Å². The first kappa shape index (κ1) is 27.2. The van der Waals surface area contributed by atoms with Crippen molar-refractivity contribution in [2.24, 2.45) is 17.6 Å². The molecule has 0 unspecified atom stereocenters. The standard InChI is InChI=1S/C27H31N5O8/c1-31(2)15-9-12(10-29-16-5-6-40-30-16)21(33)18-13(15)7-11-8-14-20(32(3)4)23(35)19(26(28)38)25(37)27(14,39)24(36)17(11)22(18)34/h5-6,9,11,14,20,33,35-36,39H,7-8,10H2,1-4H3,(H2,28,38)(H,29,30)/t11-,14-,20+,27-/m0/s1. The largest absolute Gasteiger partial charge is 0.510 e. The van der Waals surface area contributed by atoms with Crippen LogP contribution < -0.4 is 16.0 Å². The molecule has 0 bridgehead atoms. The lowest BCUT2D eigenvalue weighted by Gasteiger charge is -2.50. The number of aliphatic hydroxyl groups excluding tert-OH is 2. The molecule has 0 fully saturated rings. The van der Waals surface area contributed by atoms with E-state index in [1.807, 2.05) is 0 Å². The maximum absolute atomic E-state index is 14.0. The van der Waals surface area contributed by atoms with Gasteiger partial charge in [0.2, 0.25) is 5.78 Å². The summed E-state index contributed by atoms with van der Waals surface area (Å²) in [5, 5.41) is 52.1. The van der Waals surface area contributed by atoms with Crippen LogP contribution in [0.15, 0.2) is 45.6 Å². The Kier molecular flexibility index (Phi) is 6.38. The van der Waals surface area contributed by atoms with E-state index in [1.165, 1.54) is 11.2 Å². The molecule has 3 aliphatic carbocycles. The predicted octanol–water partition coefficient (Wildman–Crippen LogP) is 0.787. The number of amides is 1. The smallest absolute Gasteiger partial charge is 0.255 e. The molecule has 0 radical (unpaired) electrons. The van der Waals surface area contributed by atoms with Gasteiger partial charge in [0.15, 0.2) is 17.2 Å². The highest BCUT2D eigenvalue weighted by Crippen LogP contribution is 2.53. The van der Waals surface area contributed by atoms with Gasteiger partial charge in [0.25, 0.3) is 5.91 Å². The van der Waals surface area contributed by atoms with Crippen molar-refractivity contribution in [1.82, 2.24) is 10.1 Å². The lowest BCUT2D eigenvalue weighted by atomic mass is 9.58. The van der Waals surface area contributed by atoms with Crippen LogP contribution in [0.5, 0.6) is 5.75 Å². The number of rotatable bonds is 6. The number of aliphatic hydroxyl groups is 3. The van der Waals surface area contributed by atoms with Crippen molar-refractivity contribution in [3.05, 3.63) is 57.8 Å². The molecule has 3 aliphatic rings. The normalized spacial score (nSPS) is 26.0. The van der Waals surface area contributed by atoms with Crippen LogP contribution in [0.2, 0.25) is 0 Å². The Hall–Kier alpha value is -4.36. The molecular formula is C27H31N5O8. The second kappa shape index (κ2) is 9.38. The number of allylic oxidation sites excluding steroid dienone is 1. The molecule has 1 heterocycles. The van der Waals surface area contributed by atoms with Crippen molar-refractivity contribution in [2.45, 2.75) is 31.0 Å². The molecule has 1 aromatic carbocycles. The summed E-state index contributed by atoms with van der Waals surface area (Å²) in [7, 11) is 6.77. The monoisotopic (exact) mass is 553 g/mol. The zero-order chi connectivity index (χ0) is 29.3. The van der Waals surface area contributed by atoms with Gasteiger partial charge in [0.1, 0.15) is 29.1 Å². The van der Waals surface area contributed by atoms with Gasteiger partial charge in [-0.1, -0.05) is 5.16 Å². The molecule has 0 saturated carbocycles. The zero-order valence-corrected chi connectivity index (χ0v) is 22.4. The second-order valence-corrected chi connectivity index (χ2v) is 10.9. The van der Waals surface area contributed by atoms with Gasteiger partial charge in [-0.2, -0.15) is 0 Å². The van der Waals surface area contributed by atoms with Gasteiger partial charge >= 0.3 is 0 Å². The molecule has 1 aromatic heterocycles. The molecule has 13 heteroatoms. The van der Waals surface area contributed by atoms with Crippen LogP contribution in [0.4, 0.5) is 11.5 Å². The SMILES string of the molecule is CN(C)c1cc(CNc2ccon2)c(O)c2c1C[C@H]1C[C@H]3[C@@H](N(C)C)C(O)=C(C(N)=O)C(=O)[C@@]3(O)C(O)=C1C2=O. The van der Waals surface area contributed by atoms with E-state index in [1.54, 1.807) is 45.2 Å². The van der Waals surface area contributed by atoms with Crippen LogP contribution in [0.1, 0.15) is 27.9 Å². The molecular weight excluding hydrogens is 522 g/mol. The van der Waals surface area contributed by atoms with Crippen LogP contribution in [0, 0.1) is 11.8 Å². The Morgan fingerprint density at radius 2 is 1.93 bits per heavy atom. The summed E-state index contributed by atoms with van der Waals surface area (Å²) in [6.07, 6.45) is 1.60. The Labute approximate surface area is 229 Å². The number of aromatic nitrogens is 1. The number of nitrogens with one attached hydrogen (secondary N) is 1. The number of nitrogens with two attached hydrogens (primary N) is 1. The van der Waals surface area contributed by atoms with E-state index in [0.29, 0.717) is 22.6 Å². The van der Waals surface area contributed by atoms with Crippen LogP contribution in [0.3, 0.4) is 0 Å². The van der Waals surface area contributed by atoms with E-state index in [4.69, 9.17) is 10.3 Å². The maximum atomic E-state index is 14.0. The number of phenolic OH excluding ortho intramolecular Hbond substituents is 1. The van der Waals surface area contributed by atoms with Gasteiger partial charge in [-0.15, -0.1) is 0 Å². The van der Waals surface area contributed by atoms with Gasteiger partial charge in [-0.3, -0.25) is 19.3 Å². The maximum Gasteiger partial charge on any atom is 0.255 e. The minimum atomic E-state index is -2.68. The highest BCUT2D eigenvalue weighted by Gasteiger charge is 2.63. The lowest BCUT2D eigenvalue weighted by molar-refractivity contribution is -0.148. The fourth-order valence-corrected chi connectivity index (χ4v) is 6.38. The first-order chi connectivity index (χ1) is 18.8. The number of hydrogen-bond acceptors (Lipinski definition) is 12. The topological polar surface area (TPSA) is 203 Å². The molecule has 7 N–H and O–H groups in total. The van der Waals surface area contributed by atoms with Gasteiger partial charge < -0.3 is 40.9 Å². The van der Waals surface area contributed by atoms with Crippen LogP contribution in [-0.4, -0.2) is 87.8 Å². The Morgan fingerprint density at radius 3 is 2.50 bits per heavy atom. The highest BCUT2D eigenvalue weighted by atomic mass is 16.5. The number of carbonyl (C=O) groups is 3. The van der Waals surface area contributed by atoms with Crippen molar-refractivity contribution in [3.63, 3.8) is 0 Å². The third-order valence-corrected chi connectivity index (χ3v) is 8.16. The van der Waals surface area contributed by atoms with Crippen LogP contribution in [0.25, 0.3) is 0 Å². The predicted molar refractivity (Wildman–Crippen MR) is 142 cm³/mol. The van der Waals surface area contributed by atoms with E-state index < -0.39 is 58.0 Å². The van der Waals surface area contributed by atoms with Gasteiger partial charge in [-0.05, 0) is 44.5 Å². The average molecular weight is 554 g/mol. The fourth-order valence-electron chi connectivity index (χ4n) is 6.38. The van der Waals surface area contributed by atoms with Gasteiger partial charge in [0, 0.05) is 49.4 Å². The summed E-state index contributed by atoms with van der Waals surface area (Å²) in [6.45, 7) is 0.0925. The van der Waals surface area contributed by atoms with Crippen LogP contribution in [-0.2, 0) is 22.6 Å². The summed E-state index contributed by atoms with van der Waals surface area (Å²) in [5.74, 6) is -6.41. The third-order valence-electron chi connectivity index (χ3n) is 8.16. The molecule has 0 aliphatic heterocycles. The van der Waals surface area contributed by atoms with Crippen molar-refractivity contribution < 1.29 is 39.3 Å². The molecule has 212 valence electrons. The molecule has 40 heavy (non-hydrogen) atoms. The van der Waals surface area contributed by atoms with E-state index in [2.05, 4.69) is 10.5 Å². The third kappa shape index (κ3) is 3.76. The molecule has 1 amide bonds. The Morgan fingerprint density at radius 1 is 1.23 bits per heavy atom. The number of aromatic hydroxyl groups is 1. The number of fused-ring (bicyclic) bond motifs is 3. The number of anilines is 2. The first-order valence-corrected chi connectivity index (χ1v) is 12.6. The minimum Gasteiger partial charge on any atom is -0.510 e. The molecule has 0 saturated heterocycles. The number of Topliss-reactive ketones (excluding diaryl/α,β-unsaturated/α-hetero) is 2. The summed E-state index contributed by atoms with van der Waals surface area (Å²) in [4.78, 5) is 42.9. The highest BCUT2D eigenvalue weighted by molar-refractivity contribution is 6.25. The van der Waals surface area contributed by atoms with E-state index in [0.717, 1.165) is 0 Å². The number of benzene rings is 1. The number of primary amides is 1. The number of hydrogen-bond donors (Lipinski definition) is 6. The fraction of sp³-hybridized carbons (Fsp3) is 0.407. The Balaban J connectivity index is 1.67. The van der Waals surface area contributed by atoms with Crippen molar-refractivity contribution >= 4 is 29.0 Å². The number of ketones is 2. The number of likely N-dealkylation sites (N-methyl/N-ethyl adjacent to an activating group) is 1. The van der Waals surface area contributed by atoms with Crippen molar-refractivity contribution in [3.8, 4) is 5.75 Å². The summed E-state index contributed by atoms with van der Waals surface area (Å²) in [6, 6.07) is 2.30. The van der Waals surface area contributed by atoms with Crippen molar-refractivity contribution in [1.29, 1.82) is 0 Å². The summed E-state index contributed by atoms with van der Waals surface area (Å²) in [5.41, 5.74) is 3.18. The molecule has 0 spiro atoms. The molecule has 4 atom stereocenters. The summed E-state index contributed by atoms with van der Waals surface area (Å²) >= 11 is 0. The molecule has 13 nitrogen and oxygen atoms in total. The number of nitrogens with zero attached hydrogens (tertiary/aromatic N) is 3. The Bertz CT molecular complexity index is 1490. The second-order valence-electron chi connectivity index (χ2n) is 10.9. The zero-order valence-electron chi connectivity index (χ0n) is 22.4. The lowest BCUT2D eigenvalue weighted by Crippen LogP contribution is -2.63.